The van der Waals surface area contributed by atoms with Gasteiger partial charge in [0, 0.05) is 22.2 Å². The summed E-state index contributed by atoms with van der Waals surface area (Å²) in [4.78, 5) is 12.4. The Morgan fingerprint density at radius 2 is 2.35 bits per heavy atom. The van der Waals surface area contributed by atoms with Gasteiger partial charge in [-0.1, -0.05) is 0 Å². The largest absolute Gasteiger partial charge is 0.394 e. The summed E-state index contributed by atoms with van der Waals surface area (Å²) in [5, 5.41) is 19.9. The molecule has 1 fully saturated rings. The Morgan fingerprint density at radius 1 is 1.59 bits per heavy atom. The lowest BCUT2D eigenvalue weighted by Gasteiger charge is -2.26. The number of nitrogens with zero attached hydrogens (tertiary/aromatic N) is 2. The molecule has 0 bridgehead atoms. The van der Waals surface area contributed by atoms with Crippen LogP contribution in [0.3, 0.4) is 0 Å². The number of non-ortho nitro benzene ring substituents is 1. The molecule has 0 amide bonds. The van der Waals surface area contributed by atoms with Crippen LogP contribution in [-0.4, -0.2) is 29.2 Å². The van der Waals surface area contributed by atoms with Gasteiger partial charge in [0.25, 0.3) is 5.69 Å². The van der Waals surface area contributed by atoms with Gasteiger partial charge in [-0.25, -0.2) is 0 Å². The van der Waals surface area contributed by atoms with Crippen molar-refractivity contribution in [2.75, 3.05) is 18.1 Å². The van der Waals surface area contributed by atoms with Crippen molar-refractivity contribution in [2.45, 2.75) is 18.9 Å². The van der Waals surface area contributed by atoms with Crippen LogP contribution in [0.4, 0.5) is 11.4 Å². The van der Waals surface area contributed by atoms with E-state index >= 15 is 0 Å². The van der Waals surface area contributed by atoms with Crippen LogP contribution in [0.5, 0.6) is 0 Å². The average Bonchev–Trinajstić information content (AvgIpc) is 2.76. The second kappa shape index (κ2) is 5.18. The molecule has 6 heteroatoms. The molecule has 0 radical (unpaired) electrons. The summed E-state index contributed by atoms with van der Waals surface area (Å²) in [6, 6.07) is 5.01. The van der Waals surface area contributed by atoms with Gasteiger partial charge < -0.3 is 10.0 Å². The third kappa shape index (κ3) is 2.52. The van der Waals surface area contributed by atoms with Gasteiger partial charge in [-0.15, -0.1) is 0 Å². The topological polar surface area (TPSA) is 66.6 Å². The van der Waals surface area contributed by atoms with Crippen LogP contribution in [0.25, 0.3) is 0 Å². The molecule has 17 heavy (non-hydrogen) atoms. The third-order valence-electron chi connectivity index (χ3n) is 3.04. The number of benzene rings is 1. The minimum Gasteiger partial charge on any atom is -0.394 e. The van der Waals surface area contributed by atoms with Gasteiger partial charge in [0.2, 0.25) is 0 Å². The van der Waals surface area contributed by atoms with Crippen LogP contribution < -0.4 is 4.90 Å². The standard InChI is InChI=1S/C11H13IN2O3/c12-10-6-8(14(16)17)3-4-11(10)13-5-1-2-9(13)7-15/h3-4,6,9,15H,1-2,5,7H2. The van der Waals surface area contributed by atoms with Gasteiger partial charge in [-0.05, 0) is 41.5 Å². The Bertz CT molecular complexity index is 439. The van der Waals surface area contributed by atoms with E-state index in [-0.39, 0.29) is 23.3 Å². The molecular formula is C11H13IN2O3. The third-order valence-corrected chi connectivity index (χ3v) is 3.90. The van der Waals surface area contributed by atoms with Crippen LogP contribution in [0.1, 0.15) is 12.8 Å². The highest BCUT2D eigenvalue weighted by molar-refractivity contribution is 14.1. The second-order valence-corrected chi connectivity index (χ2v) is 5.23. The Labute approximate surface area is 113 Å². The van der Waals surface area contributed by atoms with E-state index < -0.39 is 0 Å². The summed E-state index contributed by atoms with van der Waals surface area (Å²) in [7, 11) is 0. The van der Waals surface area contributed by atoms with E-state index in [1.54, 1.807) is 12.1 Å². The first-order chi connectivity index (χ1) is 8.13. The molecule has 1 saturated heterocycles. The minimum absolute atomic E-state index is 0.109. The molecule has 1 aromatic rings. The Kier molecular flexibility index (Phi) is 3.82. The summed E-state index contributed by atoms with van der Waals surface area (Å²) >= 11 is 2.11. The lowest BCUT2D eigenvalue weighted by molar-refractivity contribution is -0.384. The SMILES string of the molecule is O=[N+]([O-])c1ccc(N2CCCC2CO)c(I)c1. The maximum Gasteiger partial charge on any atom is 0.270 e. The first kappa shape index (κ1) is 12.6. The smallest absolute Gasteiger partial charge is 0.270 e. The van der Waals surface area contributed by atoms with Gasteiger partial charge in [-0.2, -0.15) is 0 Å². The highest BCUT2D eigenvalue weighted by Gasteiger charge is 2.25. The zero-order valence-electron chi connectivity index (χ0n) is 9.17. The first-order valence-electron chi connectivity index (χ1n) is 5.45. The first-order valence-corrected chi connectivity index (χ1v) is 6.53. The van der Waals surface area contributed by atoms with Crippen molar-refractivity contribution in [3.8, 4) is 0 Å². The van der Waals surface area contributed by atoms with Crippen LogP contribution in [0, 0.1) is 13.7 Å². The molecular weight excluding hydrogens is 335 g/mol. The molecule has 1 atom stereocenters. The maximum absolute atomic E-state index is 10.7. The van der Waals surface area contributed by atoms with E-state index in [9.17, 15) is 15.2 Å². The number of rotatable bonds is 3. The molecule has 1 N–H and O–H groups in total. The second-order valence-electron chi connectivity index (χ2n) is 4.06. The number of anilines is 1. The fourth-order valence-corrected chi connectivity index (χ4v) is 2.99. The number of hydrogen-bond acceptors (Lipinski definition) is 4. The van der Waals surface area contributed by atoms with Crippen molar-refractivity contribution >= 4 is 34.0 Å². The Morgan fingerprint density at radius 3 is 2.94 bits per heavy atom. The number of halogens is 1. The van der Waals surface area contributed by atoms with Crippen molar-refractivity contribution in [1.29, 1.82) is 0 Å². The molecule has 1 unspecified atom stereocenters. The van der Waals surface area contributed by atoms with Crippen molar-refractivity contribution in [1.82, 2.24) is 0 Å². The normalized spacial score (nSPS) is 19.6. The van der Waals surface area contributed by atoms with E-state index in [0.717, 1.165) is 28.6 Å². The zero-order chi connectivity index (χ0) is 12.4. The highest BCUT2D eigenvalue weighted by atomic mass is 127. The maximum atomic E-state index is 10.7. The van der Waals surface area contributed by atoms with E-state index in [1.165, 1.54) is 6.07 Å². The molecule has 1 aliphatic rings. The van der Waals surface area contributed by atoms with Gasteiger partial charge in [0.05, 0.1) is 23.3 Å². The minimum atomic E-state index is -0.389. The van der Waals surface area contributed by atoms with Crippen molar-refractivity contribution in [3.05, 3.63) is 31.9 Å². The number of hydrogen-bond donors (Lipinski definition) is 1. The van der Waals surface area contributed by atoms with Crippen molar-refractivity contribution in [3.63, 3.8) is 0 Å². The fourth-order valence-electron chi connectivity index (χ4n) is 2.18. The molecule has 0 aliphatic carbocycles. The zero-order valence-corrected chi connectivity index (χ0v) is 11.3. The Hall–Kier alpha value is -0.890. The molecule has 2 rings (SSSR count). The van der Waals surface area contributed by atoms with Crippen molar-refractivity contribution in [2.24, 2.45) is 0 Å². The van der Waals surface area contributed by atoms with Crippen LogP contribution >= 0.6 is 22.6 Å². The number of nitro groups is 1. The van der Waals surface area contributed by atoms with E-state index in [4.69, 9.17) is 0 Å². The molecule has 1 aliphatic heterocycles. The van der Waals surface area contributed by atoms with Crippen molar-refractivity contribution < 1.29 is 10.0 Å². The average molecular weight is 348 g/mol. The lowest BCUT2D eigenvalue weighted by Crippen LogP contribution is -2.32. The monoisotopic (exact) mass is 348 g/mol. The van der Waals surface area contributed by atoms with Crippen LogP contribution in [-0.2, 0) is 0 Å². The number of aliphatic hydroxyl groups excluding tert-OH is 1. The summed E-state index contributed by atoms with van der Waals surface area (Å²) in [6.45, 7) is 1.03. The number of nitro benzene ring substituents is 1. The molecule has 92 valence electrons. The predicted molar refractivity (Wildman–Crippen MR) is 73.3 cm³/mol. The van der Waals surface area contributed by atoms with Gasteiger partial charge >= 0.3 is 0 Å². The predicted octanol–water partition coefficient (Wildman–Crippen LogP) is 2.16. The summed E-state index contributed by atoms with van der Waals surface area (Å²) in [5.41, 5.74) is 1.09. The summed E-state index contributed by atoms with van der Waals surface area (Å²) in [5.74, 6) is 0. The summed E-state index contributed by atoms with van der Waals surface area (Å²) in [6.07, 6.45) is 2.03. The van der Waals surface area contributed by atoms with E-state index in [1.807, 2.05) is 0 Å². The van der Waals surface area contributed by atoms with E-state index in [0.29, 0.717) is 0 Å². The number of aliphatic hydroxyl groups is 1. The fraction of sp³-hybridized carbons (Fsp3) is 0.455. The van der Waals surface area contributed by atoms with Crippen LogP contribution in [0.15, 0.2) is 18.2 Å². The molecule has 0 spiro atoms. The van der Waals surface area contributed by atoms with Gasteiger partial charge in [0.15, 0.2) is 0 Å². The molecule has 5 nitrogen and oxygen atoms in total. The molecule has 1 aromatic carbocycles. The van der Waals surface area contributed by atoms with Crippen LogP contribution in [0.2, 0.25) is 0 Å². The summed E-state index contributed by atoms with van der Waals surface area (Å²) < 4.78 is 0.858. The Balaban J connectivity index is 2.30. The molecule has 0 aromatic heterocycles. The molecule has 1 heterocycles. The lowest BCUT2D eigenvalue weighted by atomic mass is 10.2. The van der Waals surface area contributed by atoms with Gasteiger partial charge in [0.1, 0.15) is 0 Å². The van der Waals surface area contributed by atoms with Gasteiger partial charge in [-0.3, -0.25) is 10.1 Å². The highest BCUT2D eigenvalue weighted by Crippen LogP contribution is 2.31. The van der Waals surface area contributed by atoms with E-state index in [2.05, 4.69) is 27.5 Å². The quantitative estimate of drug-likeness (QED) is 0.517. The molecule has 0 saturated carbocycles.